The number of rotatable bonds is 7. The molecule has 1 aliphatic rings. The SMILES string of the molecule is [CH2]CC1CN(CCC(O)C(C)CCC)NC1=O. The normalized spacial score (nSPS) is 24.7. The third-order valence-corrected chi connectivity index (χ3v) is 3.52. The van der Waals surface area contributed by atoms with Crippen molar-refractivity contribution in [1.82, 2.24) is 10.4 Å². The van der Waals surface area contributed by atoms with Crippen LogP contribution in [0, 0.1) is 18.8 Å². The molecular weight excluding hydrogens is 216 g/mol. The van der Waals surface area contributed by atoms with E-state index >= 15 is 0 Å². The van der Waals surface area contributed by atoms with Crippen LogP contribution in [0.25, 0.3) is 0 Å². The summed E-state index contributed by atoms with van der Waals surface area (Å²) in [6.07, 6.45) is 3.23. The summed E-state index contributed by atoms with van der Waals surface area (Å²) in [5.41, 5.74) is 2.82. The Morgan fingerprint density at radius 1 is 1.59 bits per heavy atom. The van der Waals surface area contributed by atoms with Crippen molar-refractivity contribution >= 4 is 5.91 Å². The highest BCUT2D eigenvalue weighted by Crippen LogP contribution is 2.16. The molecule has 1 radical (unpaired) electrons. The third kappa shape index (κ3) is 4.28. The molecule has 17 heavy (non-hydrogen) atoms. The van der Waals surface area contributed by atoms with Crippen molar-refractivity contribution in [2.45, 2.75) is 45.6 Å². The van der Waals surface area contributed by atoms with Gasteiger partial charge >= 0.3 is 0 Å². The van der Waals surface area contributed by atoms with Crippen LogP contribution in [0.2, 0.25) is 0 Å². The highest BCUT2D eigenvalue weighted by atomic mass is 16.3. The van der Waals surface area contributed by atoms with Crippen LogP contribution in [0.5, 0.6) is 0 Å². The number of amides is 1. The lowest BCUT2D eigenvalue weighted by molar-refractivity contribution is -0.123. The smallest absolute Gasteiger partial charge is 0.238 e. The number of hydrogen-bond acceptors (Lipinski definition) is 3. The van der Waals surface area contributed by atoms with E-state index in [2.05, 4.69) is 26.2 Å². The molecule has 1 fully saturated rings. The first-order valence-electron chi connectivity index (χ1n) is 6.61. The van der Waals surface area contributed by atoms with Gasteiger partial charge in [0.15, 0.2) is 0 Å². The van der Waals surface area contributed by atoms with Crippen LogP contribution in [0.4, 0.5) is 0 Å². The van der Waals surface area contributed by atoms with Gasteiger partial charge in [-0.1, -0.05) is 27.2 Å². The highest BCUT2D eigenvalue weighted by molar-refractivity contribution is 5.80. The number of nitrogens with one attached hydrogen (secondary N) is 1. The first kappa shape index (κ1) is 14.5. The van der Waals surface area contributed by atoms with Crippen molar-refractivity contribution < 1.29 is 9.90 Å². The molecule has 2 N–H and O–H groups in total. The summed E-state index contributed by atoms with van der Waals surface area (Å²) >= 11 is 0. The Bertz CT molecular complexity index is 246. The maximum absolute atomic E-state index is 11.4. The number of aliphatic hydroxyl groups excluding tert-OH is 1. The average molecular weight is 241 g/mol. The zero-order valence-corrected chi connectivity index (χ0v) is 11.0. The van der Waals surface area contributed by atoms with Crippen molar-refractivity contribution in [2.75, 3.05) is 13.1 Å². The summed E-state index contributed by atoms with van der Waals surface area (Å²) in [4.78, 5) is 11.4. The first-order chi connectivity index (χ1) is 8.08. The Hall–Kier alpha value is -0.610. The van der Waals surface area contributed by atoms with E-state index in [0.29, 0.717) is 18.8 Å². The molecule has 99 valence electrons. The van der Waals surface area contributed by atoms with Crippen LogP contribution in [-0.2, 0) is 4.79 Å². The van der Waals surface area contributed by atoms with E-state index in [1.54, 1.807) is 0 Å². The van der Waals surface area contributed by atoms with Gasteiger partial charge in [-0.05, 0) is 25.2 Å². The molecule has 4 nitrogen and oxygen atoms in total. The predicted molar refractivity (Wildman–Crippen MR) is 67.9 cm³/mol. The third-order valence-electron chi connectivity index (χ3n) is 3.52. The molecule has 3 atom stereocenters. The molecule has 1 amide bonds. The maximum Gasteiger partial charge on any atom is 0.238 e. The minimum Gasteiger partial charge on any atom is -0.393 e. The van der Waals surface area contributed by atoms with Gasteiger partial charge in [0, 0.05) is 13.1 Å². The zero-order valence-electron chi connectivity index (χ0n) is 11.0. The summed E-state index contributed by atoms with van der Waals surface area (Å²) in [5.74, 6) is 0.415. The van der Waals surface area contributed by atoms with Gasteiger partial charge in [-0.15, -0.1) is 0 Å². The quantitative estimate of drug-likeness (QED) is 0.707. The molecule has 0 aromatic heterocycles. The Morgan fingerprint density at radius 3 is 2.82 bits per heavy atom. The number of hydrazine groups is 1. The topological polar surface area (TPSA) is 52.6 Å². The number of carbonyl (C=O) groups excluding carboxylic acids is 1. The van der Waals surface area contributed by atoms with Crippen LogP contribution in [0.15, 0.2) is 0 Å². The van der Waals surface area contributed by atoms with Crippen LogP contribution in [-0.4, -0.2) is 35.2 Å². The molecule has 1 rings (SSSR count). The molecule has 4 heteroatoms. The molecular formula is C13H25N2O2. The molecule has 0 bridgehead atoms. The van der Waals surface area contributed by atoms with Crippen LogP contribution in [0.1, 0.15) is 39.5 Å². The maximum atomic E-state index is 11.4. The molecule has 0 aromatic rings. The summed E-state index contributed by atoms with van der Waals surface area (Å²) in [6.45, 7) is 9.41. The minimum atomic E-state index is -0.273. The molecule has 1 saturated heterocycles. The lowest BCUT2D eigenvalue weighted by Gasteiger charge is -2.21. The van der Waals surface area contributed by atoms with Gasteiger partial charge in [0.25, 0.3) is 0 Å². The van der Waals surface area contributed by atoms with Crippen LogP contribution < -0.4 is 5.43 Å². The molecule has 0 aromatic carbocycles. The molecule has 0 aliphatic carbocycles. The fourth-order valence-corrected chi connectivity index (χ4v) is 2.23. The Labute approximate surface area is 104 Å². The van der Waals surface area contributed by atoms with Gasteiger partial charge < -0.3 is 5.11 Å². The van der Waals surface area contributed by atoms with E-state index < -0.39 is 0 Å². The van der Waals surface area contributed by atoms with E-state index in [9.17, 15) is 9.90 Å². The predicted octanol–water partition coefficient (Wildman–Crippen LogP) is 1.36. The zero-order chi connectivity index (χ0) is 12.8. The second-order valence-corrected chi connectivity index (χ2v) is 5.03. The number of hydrogen-bond donors (Lipinski definition) is 2. The van der Waals surface area contributed by atoms with Crippen LogP contribution >= 0.6 is 0 Å². The van der Waals surface area contributed by atoms with Gasteiger partial charge in [0.05, 0.1) is 12.0 Å². The Balaban J connectivity index is 2.25. The summed E-state index contributed by atoms with van der Waals surface area (Å²) in [6, 6.07) is 0. The number of aliphatic hydroxyl groups is 1. The first-order valence-corrected chi connectivity index (χ1v) is 6.61. The fraction of sp³-hybridized carbons (Fsp3) is 0.846. The Kier molecular flexibility index (Phi) is 5.92. The second-order valence-electron chi connectivity index (χ2n) is 5.03. The van der Waals surface area contributed by atoms with Crippen molar-refractivity contribution in [3.05, 3.63) is 6.92 Å². The molecule has 0 spiro atoms. The summed E-state index contributed by atoms with van der Waals surface area (Å²) in [5, 5.41) is 11.8. The lowest BCUT2D eigenvalue weighted by atomic mass is 9.97. The summed E-state index contributed by atoms with van der Waals surface area (Å²) < 4.78 is 0. The standard InChI is InChI=1S/C13H25N2O2/c1-4-6-10(3)12(16)7-8-15-9-11(5-2)13(17)14-15/h10-12,16H,2,4-9H2,1,3H3,(H,14,17). The molecule has 3 unspecified atom stereocenters. The summed E-state index contributed by atoms with van der Waals surface area (Å²) in [7, 11) is 0. The van der Waals surface area contributed by atoms with Gasteiger partial charge in [0.2, 0.25) is 5.91 Å². The molecule has 1 heterocycles. The average Bonchev–Trinajstić information content (AvgIpc) is 2.67. The molecule has 0 saturated carbocycles. The minimum absolute atomic E-state index is 0.0141. The van der Waals surface area contributed by atoms with Gasteiger partial charge in [-0.3, -0.25) is 10.2 Å². The lowest BCUT2D eigenvalue weighted by Crippen LogP contribution is -2.36. The van der Waals surface area contributed by atoms with Crippen LogP contribution in [0.3, 0.4) is 0 Å². The highest BCUT2D eigenvalue weighted by Gasteiger charge is 2.29. The number of nitrogens with zero attached hydrogens (tertiary/aromatic N) is 1. The molecule has 1 aliphatic heterocycles. The van der Waals surface area contributed by atoms with Gasteiger partial charge in [-0.25, -0.2) is 5.01 Å². The van der Waals surface area contributed by atoms with E-state index in [1.165, 1.54) is 0 Å². The van der Waals surface area contributed by atoms with E-state index in [0.717, 1.165) is 25.9 Å². The van der Waals surface area contributed by atoms with Crippen molar-refractivity contribution in [3.8, 4) is 0 Å². The Morgan fingerprint density at radius 2 is 2.29 bits per heavy atom. The van der Waals surface area contributed by atoms with E-state index in [4.69, 9.17) is 0 Å². The van der Waals surface area contributed by atoms with Gasteiger partial charge in [0.1, 0.15) is 0 Å². The van der Waals surface area contributed by atoms with Crippen molar-refractivity contribution in [2.24, 2.45) is 11.8 Å². The van der Waals surface area contributed by atoms with Crippen molar-refractivity contribution in [3.63, 3.8) is 0 Å². The van der Waals surface area contributed by atoms with Gasteiger partial charge in [-0.2, -0.15) is 0 Å². The monoisotopic (exact) mass is 241 g/mol. The van der Waals surface area contributed by atoms with E-state index in [-0.39, 0.29) is 17.9 Å². The fourth-order valence-electron chi connectivity index (χ4n) is 2.23. The largest absolute Gasteiger partial charge is 0.393 e. The van der Waals surface area contributed by atoms with Crippen molar-refractivity contribution in [1.29, 1.82) is 0 Å². The second kappa shape index (κ2) is 6.97. The number of carbonyl (C=O) groups is 1. The van der Waals surface area contributed by atoms with E-state index in [1.807, 2.05) is 5.01 Å².